The van der Waals surface area contributed by atoms with Crippen LogP contribution in [0.15, 0.2) is 78.9 Å². The largest absolute Gasteiger partial charge is 0.507 e. The molecule has 0 radical (unpaired) electrons. The van der Waals surface area contributed by atoms with Crippen LogP contribution in [-0.2, 0) is 9.59 Å². The lowest BCUT2D eigenvalue weighted by Gasteiger charge is -2.24. The fourth-order valence-corrected chi connectivity index (χ4v) is 5.70. The number of nitrogens with zero attached hydrogens (tertiary/aromatic N) is 2. The zero-order chi connectivity index (χ0) is 27.7. The Labute approximate surface area is 234 Å². The molecule has 3 aromatic carbocycles. The smallest absolute Gasteiger partial charge is 0.301 e. The number of aryl methyl sites for hydroxylation is 1. The monoisotopic (exact) mass is 560 g/mol. The first-order valence-corrected chi connectivity index (χ1v) is 13.5. The maximum absolute atomic E-state index is 13.6. The Morgan fingerprint density at radius 3 is 2.59 bits per heavy atom. The SMILES string of the molecule is C=CCOc1ccc(C2C(=C(O)c3ccc(C)cc3)C(=O)C(=O)N2c2nc3ccc(Cl)cc3s2)cc1OCC. The van der Waals surface area contributed by atoms with E-state index >= 15 is 0 Å². The number of carbonyl (C=O) groups excluding carboxylic acids is 2. The Kier molecular flexibility index (Phi) is 7.41. The minimum atomic E-state index is -0.963. The molecule has 39 heavy (non-hydrogen) atoms. The van der Waals surface area contributed by atoms with Gasteiger partial charge in [-0.3, -0.25) is 14.5 Å². The number of fused-ring (bicyclic) bond motifs is 1. The number of amides is 1. The molecule has 2 heterocycles. The molecule has 7 nitrogen and oxygen atoms in total. The number of thiazole rings is 1. The van der Waals surface area contributed by atoms with Gasteiger partial charge in [0.15, 0.2) is 16.6 Å². The molecule has 0 saturated carbocycles. The van der Waals surface area contributed by atoms with E-state index in [0.717, 1.165) is 10.3 Å². The number of ether oxygens (including phenoxy) is 2. The fraction of sp³-hybridized carbons (Fsp3) is 0.167. The van der Waals surface area contributed by atoms with E-state index < -0.39 is 17.7 Å². The Morgan fingerprint density at radius 1 is 1.10 bits per heavy atom. The minimum absolute atomic E-state index is 0.0386. The predicted molar refractivity (Wildman–Crippen MR) is 154 cm³/mol. The number of benzene rings is 3. The maximum Gasteiger partial charge on any atom is 0.301 e. The zero-order valence-electron chi connectivity index (χ0n) is 21.3. The second-order valence-electron chi connectivity index (χ2n) is 8.88. The summed E-state index contributed by atoms with van der Waals surface area (Å²) >= 11 is 7.42. The standard InChI is InChI=1S/C30H25ClN2O5S/c1-4-14-38-22-13-10-19(15-23(22)37-5-2)26-25(27(34)18-8-6-17(3)7-9-18)28(35)29(36)33(26)30-32-21-12-11-20(31)16-24(21)39-30/h4,6-13,15-16,26,34H,1,5,14H2,2-3H3. The molecular weight excluding hydrogens is 536 g/mol. The molecule has 1 N–H and O–H groups in total. The highest BCUT2D eigenvalue weighted by Crippen LogP contribution is 2.46. The molecule has 0 bridgehead atoms. The third-order valence-electron chi connectivity index (χ3n) is 6.25. The molecule has 1 fully saturated rings. The molecule has 1 amide bonds. The van der Waals surface area contributed by atoms with E-state index in [2.05, 4.69) is 11.6 Å². The van der Waals surface area contributed by atoms with Crippen LogP contribution in [0.25, 0.3) is 16.0 Å². The minimum Gasteiger partial charge on any atom is -0.507 e. The van der Waals surface area contributed by atoms with Crippen molar-refractivity contribution < 1.29 is 24.2 Å². The highest BCUT2D eigenvalue weighted by Gasteiger charge is 2.48. The molecule has 9 heteroatoms. The summed E-state index contributed by atoms with van der Waals surface area (Å²) in [4.78, 5) is 33.0. The number of hydrogen-bond donors (Lipinski definition) is 1. The summed E-state index contributed by atoms with van der Waals surface area (Å²) in [5.41, 5.74) is 2.57. The van der Waals surface area contributed by atoms with Crippen LogP contribution in [-0.4, -0.2) is 35.0 Å². The molecule has 1 atom stereocenters. The summed E-state index contributed by atoms with van der Waals surface area (Å²) < 4.78 is 12.3. The van der Waals surface area contributed by atoms with Gasteiger partial charge in [-0.25, -0.2) is 4.98 Å². The number of halogens is 1. The molecule has 1 aliphatic rings. The predicted octanol–water partition coefficient (Wildman–Crippen LogP) is 6.85. The van der Waals surface area contributed by atoms with Gasteiger partial charge in [0.25, 0.3) is 5.78 Å². The van der Waals surface area contributed by atoms with Gasteiger partial charge in [0.05, 0.1) is 28.4 Å². The highest BCUT2D eigenvalue weighted by molar-refractivity contribution is 7.22. The average Bonchev–Trinajstić information content (AvgIpc) is 3.45. The third-order valence-corrected chi connectivity index (χ3v) is 7.51. The number of Topliss-reactive ketones (excluding diaryl/α,β-unsaturated/α-hetero) is 1. The quantitative estimate of drug-likeness (QED) is 0.110. The number of ketones is 1. The number of aliphatic hydroxyl groups excluding tert-OH is 1. The van der Waals surface area contributed by atoms with Gasteiger partial charge in [0.1, 0.15) is 12.4 Å². The number of rotatable bonds is 8. The maximum atomic E-state index is 13.6. The van der Waals surface area contributed by atoms with Crippen LogP contribution >= 0.6 is 22.9 Å². The van der Waals surface area contributed by atoms with Crippen molar-refractivity contribution in [1.29, 1.82) is 0 Å². The summed E-state index contributed by atoms with van der Waals surface area (Å²) in [5, 5.41) is 12.2. The molecule has 1 aliphatic heterocycles. The van der Waals surface area contributed by atoms with Crippen LogP contribution in [0.5, 0.6) is 11.5 Å². The number of hydrogen-bond acceptors (Lipinski definition) is 7. The van der Waals surface area contributed by atoms with E-state index in [1.165, 1.54) is 16.2 Å². The Hall–Kier alpha value is -4.14. The lowest BCUT2D eigenvalue weighted by Crippen LogP contribution is -2.29. The van der Waals surface area contributed by atoms with Crippen LogP contribution in [0.1, 0.15) is 29.7 Å². The molecule has 1 saturated heterocycles. The van der Waals surface area contributed by atoms with E-state index in [-0.39, 0.29) is 17.9 Å². The van der Waals surface area contributed by atoms with Gasteiger partial charge in [0, 0.05) is 10.6 Å². The van der Waals surface area contributed by atoms with Crippen LogP contribution in [0.2, 0.25) is 5.02 Å². The Morgan fingerprint density at radius 2 is 1.87 bits per heavy atom. The molecule has 0 aliphatic carbocycles. The summed E-state index contributed by atoms with van der Waals surface area (Å²) in [7, 11) is 0. The fourth-order valence-electron chi connectivity index (χ4n) is 4.43. The van der Waals surface area contributed by atoms with Crippen LogP contribution < -0.4 is 14.4 Å². The topological polar surface area (TPSA) is 89.0 Å². The molecule has 198 valence electrons. The summed E-state index contributed by atoms with van der Waals surface area (Å²) in [6, 6.07) is 16.5. The first kappa shape index (κ1) is 26.5. The van der Waals surface area contributed by atoms with E-state index in [9.17, 15) is 14.7 Å². The van der Waals surface area contributed by atoms with Gasteiger partial charge in [-0.15, -0.1) is 0 Å². The zero-order valence-corrected chi connectivity index (χ0v) is 22.9. The number of aromatic nitrogens is 1. The van der Waals surface area contributed by atoms with Crippen molar-refractivity contribution in [3.63, 3.8) is 0 Å². The number of anilines is 1. The third kappa shape index (κ3) is 5.01. The lowest BCUT2D eigenvalue weighted by atomic mass is 9.95. The summed E-state index contributed by atoms with van der Waals surface area (Å²) in [6.45, 7) is 8.10. The van der Waals surface area contributed by atoms with Gasteiger partial charge < -0.3 is 14.6 Å². The average molecular weight is 561 g/mol. The first-order chi connectivity index (χ1) is 18.8. The van der Waals surface area contributed by atoms with Gasteiger partial charge >= 0.3 is 5.91 Å². The lowest BCUT2D eigenvalue weighted by molar-refractivity contribution is -0.132. The van der Waals surface area contributed by atoms with Gasteiger partial charge in [-0.05, 0) is 49.7 Å². The van der Waals surface area contributed by atoms with Crippen molar-refractivity contribution in [3.8, 4) is 11.5 Å². The van der Waals surface area contributed by atoms with Crippen molar-refractivity contribution in [1.82, 2.24) is 4.98 Å². The number of carbonyl (C=O) groups is 2. The van der Waals surface area contributed by atoms with Crippen LogP contribution in [0.3, 0.4) is 0 Å². The summed E-state index contributed by atoms with van der Waals surface area (Å²) in [5.74, 6) is -0.932. The van der Waals surface area contributed by atoms with Crippen molar-refractivity contribution in [2.75, 3.05) is 18.1 Å². The van der Waals surface area contributed by atoms with Crippen molar-refractivity contribution >= 4 is 55.7 Å². The summed E-state index contributed by atoms with van der Waals surface area (Å²) in [6.07, 6.45) is 1.62. The molecule has 4 aromatic rings. The highest BCUT2D eigenvalue weighted by atomic mass is 35.5. The van der Waals surface area contributed by atoms with Crippen LogP contribution in [0.4, 0.5) is 5.13 Å². The molecule has 0 spiro atoms. The van der Waals surface area contributed by atoms with E-state index in [0.29, 0.717) is 44.9 Å². The molecule has 1 unspecified atom stereocenters. The molecular formula is C30H25ClN2O5S. The van der Waals surface area contributed by atoms with E-state index in [1.807, 2.05) is 26.0 Å². The molecule has 1 aromatic heterocycles. The van der Waals surface area contributed by atoms with E-state index in [1.54, 1.807) is 54.6 Å². The van der Waals surface area contributed by atoms with Gasteiger partial charge in [-0.2, -0.15) is 0 Å². The molecule has 5 rings (SSSR count). The first-order valence-electron chi connectivity index (χ1n) is 12.3. The normalized spacial score (nSPS) is 16.6. The van der Waals surface area contributed by atoms with Gasteiger partial charge in [-0.1, -0.05) is 71.5 Å². The second-order valence-corrected chi connectivity index (χ2v) is 10.3. The Balaban J connectivity index is 1.72. The number of aliphatic hydroxyl groups is 1. The van der Waals surface area contributed by atoms with Crippen molar-refractivity contribution in [2.24, 2.45) is 0 Å². The Bertz CT molecular complexity index is 1630. The van der Waals surface area contributed by atoms with E-state index in [4.69, 9.17) is 21.1 Å². The van der Waals surface area contributed by atoms with Gasteiger partial charge in [0.2, 0.25) is 0 Å². The second kappa shape index (κ2) is 10.9. The van der Waals surface area contributed by atoms with Crippen molar-refractivity contribution in [2.45, 2.75) is 19.9 Å². The van der Waals surface area contributed by atoms with Crippen LogP contribution in [0, 0.1) is 6.92 Å². The van der Waals surface area contributed by atoms with Crippen molar-refractivity contribution in [3.05, 3.63) is 101 Å².